The Bertz CT molecular complexity index is 614. The summed E-state index contributed by atoms with van der Waals surface area (Å²) in [4.78, 5) is 0. The third-order valence-electron chi connectivity index (χ3n) is 5.29. The first-order chi connectivity index (χ1) is 10.1. The van der Waals surface area contributed by atoms with Crippen LogP contribution in [0.15, 0.2) is 42.5 Å². The maximum atomic E-state index is 2.44. The lowest BCUT2D eigenvalue weighted by Gasteiger charge is -2.37. The van der Waals surface area contributed by atoms with Crippen LogP contribution >= 0.6 is 0 Å². The average Bonchev–Trinajstić information content (AvgIpc) is 3.11. The molecule has 0 heterocycles. The van der Waals surface area contributed by atoms with Crippen LogP contribution < -0.4 is 0 Å². The highest BCUT2D eigenvalue weighted by Gasteiger charge is 2.38. The van der Waals surface area contributed by atoms with Gasteiger partial charge in [-0.3, -0.25) is 0 Å². The summed E-state index contributed by atoms with van der Waals surface area (Å²) >= 11 is 0. The van der Waals surface area contributed by atoms with E-state index in [-0.39, 0.29) is 5.41 Å². The number of hydrogen-bond acceptors (Lipinski definition) is 0. The van der Waals surface area contributed by atoms with Gasteiger partial charge in [-0.1, -0.05) is 75.8 Å². The van der Waals surface area contributed by atoms with Gasteiger partial charge < -0.3 is 0 Å². The van der Waals surface area contributed by atoms with Crippen molar-refractivity contribution in [2.45, 2.75) is 46.5 Å². The topological polar surface area (TPSA) is 0 Å². The number of benzene rings is 1. The SMILES string of the molecule is CCCc1ccc(C)c2c1C(C(C)(C)C1C=CC=C1)C=C2. The molecule has 3 rings (SSSR count). The fourth-order valence-electron chi connectivity index (χ4n) is 3.91. The van der Waals surface area contributed by atoms with E-state index in [0.717, 1.165) is 0 Å². The van der Waals surface area contributed by atoms with E-state index in [2.05, 4.69) is 76.3 Å². The van der Waals surface area contributed by atoms with Gasteiger partial charge in [-0.25, -0.2) is 0 Å². The monoisotopic (exact) mass is 278 g/mol. The smallest absolute Gasteiger partial charge is 0.00899 e. The van der Waals surface area contributed by atoms with Crippen LogP contribution in [0.3, 0.4) is 0 Å². The van der Waals surface area contributed by atoms with Gasteiger partial charge in [0.05, 0.1) is 0 Å². The van der Waals surface area contributed by atoms with Crippen molar-refractivity contribution in [3.63, 3.8) is 0 Å². The fraction of sp³-hybridized carbons (Fsp3) is 0.429. The molecular weight excluding hydrogens is 252 g/mol. The Kier molecular flexibility index (Phi) is 3.65. The van der Waals surface area contributed by atoms with Gasteiger partial charge in [-0.15, -0.1) is 0 Å². The van der Waals surface area contributed by atoms with E-state index in [1.165, 1.54) is 24.0 Å². The van der Waals surface area contributed by atoms with Gasteiger partial charge in [0, 0.05) is 11.8 Å². The Labute approximate surface area is 129 Å². The van der Waals surface area contributed by atoms with Crippen LogP contribution in [-0.2, 0) is 6.42 Å². The van der Waals surface area contributed by atoms with Crippen LogP contribution in [0.4, 0.5) is 0 Å². The van der Waals surface area contributed by atoms with Gasteiger partial charge in [-0.2, -0.15) is 0 Å². The Hall–Kier alpha value is -1.56. The minimum Gasteiger partial charge on any atom is -0.0771 e. The van der Waals surface area contributed by atoms with E-state index in [9.17, 15) is 0 Å². The molecule has 1 aromatic carbocycles. The van der Waals surface area contributed by atoms with Crippen LogP contribution in [0.25, 0.3) is 6.08 Å². The molecule has 0 N–H and O–H groups in total. The summed E-state index contributed by atoms with van der Waals surface area (Å²) in [5.41, 5.74) is 6.26. The second-order valence-corrected chi connectivity index (χ2v) is 7.07. The summed E-state index contributed by atoms with van der Waals surface area (Å²) in [6.45, 7) is 9.35. The van der Waals surface area contributed by atoms with E-state index in [4.69, 9.17) is 0 Å². The quantitative estimate of drug-likeness (QED) is 0.650. The summed E-state index contributed by atoms with van der Waals surface area (Å²) in [6, 6.07) is 4.65. The minimum atomic E-state index is 0.224. The van der Waals surface area contributed by atoms with E-state index >= 15 is 0 Å². The van der Waals surface area contributed by atoms with Gasteiger partial charge >= 0.3 is 0 Å². The molecule has 21 heavy (non-hydrogen) atoms. The summed E-state index contributed by atoms with van der Waals surface area (Å²) in [5.74, 6) is 1.06. The van der Waals surface area contributed by atoms with E-state index in [1.807, 2.05) is 0 Å². The highest BCUT2D eigenvalue weighted by atomic mass is 14.4. The zero-order valence-electron chi connectivity index (χ0n) is 13.7. The molecule has 0 radical (unpaired) electrons. The van der Waals surface area contributed by atoms with Crippen LogP contribution in [0, 0.1) is 18.3 Å². The molecule has 0 fully saturated rings. The first-order valence-corrected chi connectivity index (χ1v) is 8.21. The zero-order chi connectivity index (χ0) is 15.0. The molecule has 0 aromatic heterocycles. The lowest BCUT2D eigenvalue weighted by Crippen LogP contribution is -2.27. The van der Waals surface area contributed by atoms with Crippen molar-refractivity contribution in [1.82, 2.24) is 0 Å². The zero-order valence-corrected chi connectivity index (χ0v) is 13.7. The molecule has 0 saturated heterocycles. The van der Waals surface area contributed by atoms with Crippen molar-refractivity contribution in [1.29, 1.82) is 0 Å². The lowest BCUT2D eigenvalue weighted by molar-refractivity contribution is 0.271. The van der Waals surface area contributed by atoms with E-state index in [0.29, 0.717) is 11.8 Å². The molecule has 1 aromatic rings. The Balaban J connectivity index is 2.06. The molecule has 1 atom stereocenters. The molecule has 2 aliphatic carbocycles. The maximum absolute atomic E-state index is 2.44. The van der Waals surface area contributed by atoms with Crippen LogP contribution in [0.5, 0.6) is 0 Å². The Morgan fingerprint density at radius 1 is 1.05 bits per heavy atom. The number of rotatable bonds is 4. The lowest BCUT2D eigenvalue weighted by atomic mass is 9.67. The highest BCUT2D eigenvalue weighted by molar-refractivity contribution is 5.68. The van der Waals surface area contributed by atoms with Crippen molar-refractivity contribution in [2.24, 2.45) is 11.3 Å². The third-order valence-corrected chi connectivity index (χ3v) is 5.29. The third kappa shape index (κ3) is 2.31. The van der Waals surface area contributed by atoms with Crippen molar-refractivity contribution in [3.8, 4) is 0 Å². The van der Waals surface area contributed by atoms with Crippen molar-refractivity contribution < 1.29 is 0 Å². The fourth-order valence-corrected chi connectivity index (χ4v) is 3.91. The number of aryl methyl sites for hydroxylation is 2. The first kappa shape index (κ1) is 14.4. The van der Waals surface area contributed by atoms with Crippen molar-refractivity contribution >= 4 is 6.08 Å². The second-order valence-electron chi connectivity index (χ2n) is 7.07. The summed E-state index contributed by atoms with van der Waals surface area (Å²) in [6.07, 6.45) is 16.3. The first-order valence-electron chi connectivity index (χ1n) is 8.21. The predicted octanol–water partition coefficient (Wildman–Crippen LogP) is 5.83. The van der Waals surface area contributed by atoms with Gasteiger partial charge in [-0.05, 0) is 41.0 Å². The molecule has 1 unspecified atom stereocenters. The molecule has 0 spiro atoms. The largest absolute Gasteiger partial charge is 0.0771 e. The maximum Gasteiger partial charge on any atom is 0.00899 e. The molecule has 110 valence electrons. The van der Waals surface area contributed by atoms with Crippen LogP contribution in [0.1, 0.15) is 55.4 Å². The molecule has 0 aliphatic heterocycles. The molecule has 0 nitrogen and oxygen atoms in total. The van der Waals surface area contributed by atoms with Gasteiger partial charge in [0.15, 0.2) is 0 Å². The molecule has 0 amide bonds. The molecular formula is C21H26. The molecule has 0 bridgehead atoms. The van der Waals surface area contributed by atoms with Gasteiger partial charge in [0.1, 0.15) is 0 Å². The molecule has 0 heteroatoms. The number of allylic oxidation sites excluding steroid dienone is 5. The Morgan fingerprint density at radius 2 is 1.76 bits per heavy atom. The normalized spacial score (nSPS) is 20.5. The minimum absolute atomic E-state index is 0.224. The van der Waals surface area contributed by atoms with Crippen LogP contribution in [0.2, 0.25) is 0 Å². The summed E-state index contributed by atoms with van der Waals surface area (Å²) in [7, 11) is 0. The van der Waals surface area contributed by atoms with Gasteiger partial charge in [0.2, 0.25) is 0 Å². The average molecular weight is 278 g/mol. The molecule has 0 saturated carbocycles. The summed E-state index contributed by atoms with van der Waals surface area (Å²) < 4.78 is 0. The summed E-state index contributed by atoms with van der Waals surface area (Å²) in [5, 5.41) is 0. The standard InChI is InChI=1S/C21H26/c1-5-8-16-12-11-15(2)18-13-14-19(20(16)18)21(3,4)17-9-6-7-10-17/h6-7,9-14,17,19H,5,8H2,1-4H3. The van der Waals surface area contributed by atoms with Crippen LogP contribution in [-0.4, -0.2) is 0 Å². The Morgan fingerprint density at radius 3 is 2.43 bits per heavy atom. The molecule has 2 aliphatic rings. The number of hydrogen-bond donors (Lipinski definition) is 0. The second kappa shape index (κ2) is 5.33. The predicted molar refractivity (Wildman–Crippen MR) is 92.5 cm³/mol. The van der Waals surface area contributed by atoms with E-state index in [1.54, 1.807) is 11.1 Å². The van der Waals surface area contributed by atoms with E-state index < -0.39 is 0 Å². The number of fused-ring (bicyclic) bond motifs is 1. The van der Waals surface area contributed by atoms with Crippen molar-refractivity contribution in [2.75, 3.05) is 0 Å². The van der Waals surface area contributed by atoms with Gasteiger partial charge in [0.25, 0.3) is 0 Å². The highest BCUT2D eigenvalue weighted by Crippen LogP contribution is 2.50. The van der Waals surface area contributed by atoms with Crippen molar-refractivity contribution in [3.05, 3.63) is 64.8 Å².